The number of halogens is 1. The maximum absolute atomic E-state index is 12.0. The second-order valence-corrected chi connectivity index (χ2v) is 5.67. The minimum atomic E-state index is -0.280. The topological polar surface area (TPSA) is 42.1 Å². The molecule has 1 heterocycles. The molecule has 0 amide bonds. The summed E-state index contributed by atoms with van der Waals surface area (Å²) in [6.07, 6.45) is 2.88. The number of aromatic amines is 1. The average Bonchev–Trinajstić information content (AvgIpc) is 2.92. The Morgan fingerprint density at radius 1 is 1.23 bits per heavy atom. The van der Waals surface area contributed by atoms with Gasteiger partial charge in [0.2, 0.25) is 0 Å². The molecule has 22 heavy (non-hydrogen) atoms. The van der Waals surface area contributed by atoms with Crippen LogP contribution in [0.2, 0.25) is 5.02 Å². The van der Waals surface area contributed by atoms with E-state index in [1.165, 1.54) is 0 Å². The first-order valence-corrected chi connectivity index (χ1v) is 7.53. The van der Waals surface area contributed by atoms with Gasteiger partial charge in [0.05, 0.1) is 11.4 Å². The fourth-order valence-corrected chi connectivity index (χ4v) is 2.59. The Morgan fingerprint density at radius 2 is 2.05 bits per heavy atom. The lowest BCUT2D eigenvalue weighted by Crippen LogP contribution is -2.09. The monoisotopic (exact) mass is 313 g/mol. The molecule has 1 N–H and O–H groups in total. The van der Waals surface area contributed by atoms with Crippen LogP contribution in [-0.2, 0) is 11.2 Å². The number of benzene rings is 2. The first-order chi connectivity index (χ1) is 10.6. The summed E-state index contributed by atoms with van der Waals surface area (Å²) in [5, 5.41) is 1.59. The van der Waals surface area contributed by atoms with Gasteiger partial charge in [-0.05, 0) is 42.7 Å². The van der Waals surface area contributed by atoms with Crippen LogP contribution >= 0.6 is 11.6 Å². The van der Waals surface area contributed by atoms with Crippen LogP contribution in [0, 0.1) is 6.92 Å². The highest BCUT2D eigenvalue weighted by Gasteiger charge is 2.10. The Bertz CT molecular complexity index is 823. The molecule has 0 atom stereocenters. The van der Waals surface area contributed by atoms with E-state index in [-0.39, 0.29) is 5.97 Å². The van der Waals surface area contributed by atoms with Crippen LogP contribution in [0.4, 0.5) is 0 Å². The number of nitrogens with one attached hydrogen (secondary N) is 1. The molecule has 2 aromatic carbocycles. The predicted molar refractivity (Wildman–Crippen MR) is 88.4 cm³/mol. The lowest BCUT2D eigenvalue weighted by atomic mass is 10.1. The molecule has 0 aliphatic carbocycles. The van der Waals surface area contributed by atoms with E-state index in [9.17, 15) is 4.79 Å². The summed E-state index contributed by atoms with van der Waals surface area (Å²) >= 11 is 6.04. The molecule has 3 aromatic rings. The maximum atomic E-state index is 12.0. The molecule has 0 aliphatic heterocycles. The lowest BCUT2D eigenvalue weighted by Gasteiger charge is -2.07. The molecule has 0 spiro atoms. The molecule has 0 saturated heterocycles. The summed E-state index contributed by atoms with van der Waals surface area (Å²) in [6.45, 7) is 1.93. The van der Waals surface area contributed by atoms with Crippen molar-refractivity contribution < 1.29 is 9.53 Å². The van der Waals surface area contributed by atoms with Crippen LogP contribution in [0.3, 0.4) is 0 Å². The number of hydrogen-bond acceptors (Lipinski definition) is 2. The van der Waals surface area contributed by atoms with Gasteiger partial charge in [-0.2, -0.15) is 0 Å². The summed E-state index contributed by atoms with van der Waals surface area (Å²) < 4.78 is 5.36. The Morgan fingerprint density at radius 3 is 2.91 bits per heavy atom. The summed E-state index contributed by atoms with van der Waals surface area (Å²) in [6, 6.07) is 13.4. The Balaban J connectivity index is 1.66. The maximum Gasteiger partial charge on any atom is 0.311 e. The summed E-state index contributed by atoms with van der Waals surface area (Å²) in [4.78, 5) is 15.2. The number of carbonyl (C=O) groups excluding carboxylic acids is 1. The largest absolute Gasteiger partial charge is 0.425 e. The fourth-order valence-electron chi connectivity index (χ4n) is 2.44. The highest BCUT2D eigenvalue weighted by Crippen LogP contribution is 2.26. The molecule has 1 aromatic heterocycles. The van der Waals surface area contributed by atoms with E-state index < -0.39 is 0 Å². The van der Waals surface area contributed by atoms with E-state index in [0.29, 0.717) is 23.6 Å². The van der Waals surface area contributed by atoms with E-state index in [4.69, 9.17) is 16.3 Å². The van der Waals surface area contributed by atoms with E-state index >= 15 is 0 Å². The zero-order valence-corrected chi connectivity index (χ0v) is 13.0. The molecular formula is C18H16ClNO2. The van der Waals surface area contributed by atoms with E-state index in [2.05, 4.69) is 4.98 Å². The predicted octanol–water partition coefficient (Wildman–Crippen LogP) is 4.67. The third kappa shape index (κ3) is 3.15. The lowest BCUT2D eigenvalue weighted by molar-refractivity contribution is -0.134. The molecule has 3 rings (SSSR count). The minimum Gasteiger partial charge on any atom is -0.425 e. The zero-order valence-electron chi connectivity index (χ0n) is 12.2. The van der Waals surface area contributed by atoms with Crippen molar-refractivity contribution in [2.24, 2.45) is 0 Å². The molecule has 0 unspecified atom stereocenters. The SMILES string of the molecule is Cc1ccc(Cl)c(OC(=O)CCc2c[nH]c3ccccc23)c1. The Kier molecular flexibility index (Phi) is 4.16. The number of aromatic nitrogens is 1. The van der Waals surface area contributed by atoms with Crippen LogP contribution in [0.15, 0.2) is 48.7 Å². The van der Waals surface area contributed by atoms with Crippen LogP contribution in [-0.4, -0.2) is 11.0 Å². The molecule has 0 saturated carbocycles. The molecule has 0 bridgehead atoms. The van der Waals surface area contributed by atoms with Gasteiger partial charge in [-0.25, -0.2) is 0 Å². The molecular weight excluding hydrogens is 298 g/mol. The highest BCUT2D eigenvalue weighted by molar-refractivity contribution is 6.32. The summed E-state index contributed by atoms with van der Waals surface area (Å²) in [7, 11) is 0. The van der Waals surface area contributed by atoms with Crippen LogP contribution in [0.5, 0.6) is 5.75 Å². The molecule has 4 heteroatoms. The first kappa shape index (κ1) is 14.7. The Labute approximate surface area is 133 Å². The molecule has 0 aliphatic rings. The highest BCUT2D eigenvalue weighted by atomic mass is 35.5. The van der Waals surface area contributed by atoms with Gasteiger partial charge in [-0.1, -0.05) is 35.9 Å². The number of rotatable bonds is 4. The van der Waals surface area contributed by atoms with Crippen molar-refractivity contribution in [1.29, 1.82) is 0 Å². The van der Waals surface area contributed by atoms with E-state index in [1.807, 2.05) is 43.5 Å². The number of fused-ring (bicyclic) bond motifs is 1. The summed E-state index contributed by atoms with van der Waals surface area (Å²) in [5.74, 6) is 0.142. The van der Waals surface area contributed by atoms with E-state index in [1.54, 1.807) is 12.1 Å². The van der Waals surface area contributed by atoms with Gasteiger partial charge in [0.25, 0.3) is 0 Å². The van der Waals surface area contributed by atoms with Crippen molar-refractivity contribution in [2.45, 2.75) is 19.8 Å². The molecule has 0 fully saturated rings. The number of H-pyrrole nitrogens is 1. The number of para-hydroxylation sites is 1. The standard InChI is InChI=1S/C18H16ClNO2/c1-12-6-8-15(19)17(10-12)22-18(21)9-7-13-11-20-16-5-3-2-4-14(13)16/h2-6,8,10-11,20H,7,9H2,1H3. The first-order valence-electron chi connectivity index (χ1n) is 7.15. The fraction of sp³-hybridized carbons (Fsp3) is 0.167. The van der Waals surface area contributed by atoms with Crippen molar-refractivity contribution in [2.75, 3.05) is 0 Å². The van der Waals surface area contributed by atoms with Crippen molar-refractivity contribution in [3.63, 3.8) is 0 Å². The number of carbonyl (C=O) groups is 1. The average molecular weight is 314 g/mol. The van der Waals surface area contributed by atoms with Crippen LogP contribution in [0.1, 0.15) is 17.5 Å². The number of esters is 1. The Hall–Kier alpha value is -2.26. The quantitative estimate of drug-likeness (QED) is 0.562. The smallest absolute Gasteiger partial charge is 0.311 e. The van der Waals surface area contributed by atoms with Crippen molar-refractivity contribution >= 4 is 28.5 Å². The van der Waals surface area contributed by atoms with Crippen molar-refractivity contribution in [3.8, 4) is 5.75 Å². The third-order valence-corrected chi connectivity index (χ3v) is 3.90. The van der Waals surface area contributed by atoms with Gasteiger partial charge in [0.1, 0.15) is 5.75 Å². The van der Waals surface area contributed by atoms with Crippen molar-refractivity contribution in [3.05, 3.63) is 64.8 Å². The van der Waals surface area contributed by atoms with Gasteiger partial charge >= 0.3 is 5.97 Å². The number of hydrogen-bond donors (Lipinski definition) is 1. The van der Waals surface area contributed by atoms with Gasteiger partial charge in [-0.3, -0.25) is 4.79 Å². The zero-order chi connectivity index (χ0) is 15.5. The van der Waals surface area contributed by atoms with Crippen LogP contribution < -0.4 is 4.74 Å². The van der Waals surface area contributed by atoms with Gasteiger partial charge < -0.3 is 9.72 Å². The van der Waals surface area contributed by atoms with Gasteiger partial charge in [0.15, 0.2) is 0 Å². The summed E-state index contributed by atoms with van der Waals surface area (Å²) in [5.41, 5.74) is 3.19. The number of aryl methyl sites for hydroxylation is 2. The van der Waals surface area contributed by atoms with Gasteiger partial charge in [-0.15, -0.1) is 0 Å². The molecule has 0 radical (unpaired) electrons. The minimum absolute atomic E-state index is 0.280. The third-order valence-electron chi connectivity index (χ3n) is 3.58. The van der Waals surface area contributed by atoms with Crippen LogP contribution in [0.25, 0.3) is 10.9 Å². The van der Waals surface area contributed by atoms with Crippen molar-refractivity contribution in [1.82, 2.24) is 4.98 Å². The second kappa shape index (κ2) is 6.24. The normalized spacial score (nSPS) is 10.8. The number of ether oxygens (including phenoxy) is 1. The molecule has 3 nitrogen and oxygen atoms in total. The van der Waals surface area contributed by atoms with Gasteiger partial charge in [0, 0.05) is 17.1 Å². The second-order valence-electron chi connectivity index (χ2n) is 5.27. The van der Waals surface area contributed by atoms with E-state index in [0.717, 1.165) is 22.0 Å². The molecule has 112 valence electrons.